The Bertz CT molecular complexity index is 550. The number of para-hydroxylation sites is 1. The van der Waals surface area contributed by atoms with Gasteiger partial charge in [0.25, 0.3) is 0 Å². The first-order valence-corrected chi connectivity index (χ1v) is 7.14. The van der Waals surface area contributed by atoms with Crippen molar-refractivity contribution >= 4 is 23.0 Å². The van der Waals surface area contributed by atoms with E-state index in [4.69, 9.17) is 12.2 Å². The molecule has 0 saturated heterocycles. The van der Waals surface area contributed by atoms with Crippen molar-refractivity contribution in [2.45, 2.75) is 25.8 Å². The van der Waals surface area contributed by atoms with Gasteiger partial charge in [0.15, 0.2) is 5.11 Å². The molecule has 0 aliphatic rings. The SMILES string of the molecule is CC(C)(Cc1ccccc1)NC(=S)Nc1ccccc1. The lowest BCUT2D eigenvalue weighted by Gasteiger charge is -2.28. The van der Waals surface area contributed by atoms with E-state index in [2.05, 4.69) is 48.7 Å². The van der Waals surface area contributed by atoms with Gasteiger partial charge in [0.05, 0.1) is 0 Å². The van der Waals surface area contributed by atoms with E-state index in [9.17, 15) is 0 Å². The maximum absolute atomic E-state index is 5.38. The molecular formula is C17H20N2S. The highest BCUT2D eigenvalue weighted by Gasteiger charge is 2.19. The summed E-state index contributed by atoms with van der Waals surface area (Å²) in [5.41, 5.74) is 2.20. The number of hydrogen-bond donors (Lipinski definition) is 2. The van der Waals surface area contributed by atoms with Gasteiger partial charge in [-0.3, -0.25) is 0 Å². The summed E-state index contributed by atoms with van der Waals surface area (Å²) in [6, 6.07) is 20.4. The summed E-state index contributed by atoms with van der Waals surface area (Å²) in [7, 11) is 0. The fraction of sp³-hybridized carbons (Fsp3) is 0.235. The van der Waals surface area contributed by atoms with Crippen LogP contribution in [-0.4, -0.2) is 10.7 Å². The molecule has 104 valence electrons. The molecule has 2 aromatic rings. The summed E-state index contributed by atoms with van der Waals surface area (Å²) >= 11 is 5.38. The van der Waals surface area contributed by atoms with Crippen LogP contribution in [0.4, 0.5) is 5.69 Å². The van der Waals surface area contributed by atoms with Gasteiger partial charge in [0.2, 0.25) is 0 Å². The predicted octanol–water partition coefficient (Wildman–Crippen LogP) is 3.99. The molecule has 0 spiro atoms. The molecule has 3 heteroatoms. The number of hydrogen-bond acceptors (Lipinski definition) is 1. The molecule has 0 aliphatic carbocycles. The second-order valence-electron chi connectivity index (χ2n) is 5.49. The van der Waals surface area contributed by atoms with E-state index in [0.717, 1.165) is 12.1 Å². The van der Waals surface area contributed by atoms with E-state index in [-0.39, 0.29) is 5.54 Å². The van der Waals surface area contributed by atoms with E-state index in [1.807, 2.05) is 36.4 Å². The van der Waals surface area contributed by atoms with Crippen LogP contribution < -0.4 is 10.6 Å². The Morgan fingerprint density at radius 1 is 0.950 bits per heavy atom. The minimum Gasteiger partial charge on any atom is -0.357 e. The Balaban J connectivity index is 1.92. The van der Waals surface area contributed by atoms with Crippen LogP contribution in [0.25, 0.3) is 0 Å². The van der Waals surface area contributed by atoms with Crippen LogP contribution in [0.5, 0.6) is 0 Å². The highest BCUT2D eigenvalue weighted by molar-refractivity contribution is 7.80. The van der Waals surface area contributed by atoms with Gasteiger partial charge in [-0.2, -0.15) is 0 Å². The zero-order valence-corrected chi connectivity index (χ0v) is 12.7. The van der Waals surface area contributed by atoms with Gasteiger partial charge in [-0.1, -0.05) is 48.5 Å². The zero-order valence-electron chi connectivity index (χ0n) is 11.9. The van der Waals surface area contributed by atoms with Gasteiger partial charge in [-0.05, 0) is 50.2 Å². The Morgan fingerprint density at radius 3 is 2.10 bits per heavy atom. The maximum atomic E-state index is 5.38. The van der Waals surface area contributed by atoms with E-state index >= 15 is 0 Å². The van der Waals surface area contributed by atoms with Gasteiger partial charge >= 0.3 is 0 Å². The minimum absolute atomic E-state index is 0.0970. The molecule has 0 amide bonds. The predicted molar refractivity (Wildman–Crippen MR) is 90.0 cm³/mol. The van der Waals surface area contributed by atoms with Crippen molar-refractivity contribution in [1.82, 2.24) is 5.32 Å². The molecule has 0 bridgehead atoms. The lowest BCUT2D eigenvalue weighted by molar-refractivity contribution is 0.461. The van der Waals surface area contributed by atoms with Crippen molar-refractivity contribution in [3.63, 3.8) is 0 Å². The molecule has 2 rings (SSSR count). The molecular weight excluding hydrogens is 264 g/mol. The van der Waals surface area contributed by atoms with E-state index in [0.29, 0.717) is 5.11 Å². The number of thiocarbonyl (C=S) groups is 1. The quantitative estimate of drug-likeness (QED) is 0.830. The van der Waals surface area contributed by atoms with Crippen molar-refractivity contribution in [2.75, 3.05) is 5.32 Å². The smallest absolute Gasteiger partial charge is 0.171 e. The topological polar surface area (TPSA) is 24.1 Å². The zero-order chi connectivity index (χ0) is 14.4. The molecule has 0 aromatic heterocycles. The summed E-state index contributed by atoms with van der Waals surface area (Å²) in [5.74, 6) is 0. The van der Waals surface area contributed by atoms with E-state index in [1.165, 1.54) is 5.56 Å². The molecule has 0 heterocycles. The first kappa shape index (κ1) is 14.5. The summed E-state index contributed by atoms with van der Waals surface area (Å²) in [6.07, 6.45) is 0.921. The second kappa shape index (κ2) is 6.53. The van der Waals surface area contributed by atoms with Crippen LogP contribution in [0.2, 0.25) is 0 Å². The maximum Gasteiger partial charge on any atom is 0.171 e. The normalized spacial score (nSPS) is 10.9. The van der Waals surface area contributed by atoms with Crippen LogP contribution in [0.3, 0.4) is 0 Å². The van der Waals surface area contributed by atoms with Crippen LogP contribution in [0, 0.1) is 0 Å². The van der Waals surface area contributed by atoms with Gasteiger partial charge in [-0.15, -0.1) is 0 Å². The molecule has 20 heavy (non-hydrogen) atoms. The van der Waals surface area contributed by atoms with Crippen LogP contribution in [0.1, 0.15) is 19.4 Å². The highest BCUT2D eigenvalue weighted by atomic mass is 32.1. The molecule has 0 aliphatic heterocycles. The van der Waals surface area contributed by atoms with E-state index < -0.39 is 0 Å². The third-order valence-corrected chi connectivity index (χ3v) is 3.18. The van der Waals surface area contributed by atoms with Crippen LogP contribution in [-0.2, 0) is 6.42 Å². The molecule has 2 N–H and O–H groups in total. The van der Waals surface area contributed by atoms with Crippen molar-refractivity contribution in [3.05, 3.63) is 66.2 Å². The van der Waals surface area contributed by atoms with Gasteiger partial charge in [0, 0.05) is 11.2 Å². The van der Waals surface area contributed by atoms with E-state index in [1.54, 1.807) is 0 Å². The summed E-state index contributed by atoms with van der Waals surface area (Å²) in [5, 5.41) is 7.23. The van der Waals surface area contributed by atoms with Crippen LogP contribution >= 0.6 is 12.2 Å². The van der Waals surface area contributed by atoms with Crippen molar-refractivity contribution in [3.8, 4) is 0 Å². The second-order valence-corrected chi connectivity index (χ2v) is 5.90. The molecule has 0 saturated carbocycles. The number of anilines is 1. The largest absolute Gasteiger partial charge is 0.357 e. The van der Waals surface area contributed by atoms with Gasteiger partial charge in [-0.25, -0.2) is 0 Å². The first-order valence-electron chi connectivity index (χ1n) is 6.73. The lowest BCUT2D eigenvalue weighted by Crippen LogP contribution is -2.46. The number of nitrogens with one attached hydrogen (secondary N) is 2. The van der Waals surface area contributed by atoms with Gasteiger partial charge < -0.3 is 10.6 Å². The third kappa shape index (κ3) is 4.67. The third-order valence-electron chi connectivity index (χ3n) is 2.97. The fourth-order valence-corrected chi connectivity index (χ4v) is 2.54. The molecule has 0 fully saturated rings. The van der Waals surface area contributed by atoms with Crippen molar-refractivity contribution < 1.29 is 0 Å². The average molecular weight is 284 g/mol. The molecule has 2 nitrogen and oxygen atoms in total. The lowest BCUT2D eigenvalue weighted by atomic mass is 9.95. The number of benzene rings is 2. The Kier molecular flexibility index (Phi) is 4.74. The summed E-state index contributed by atoms with van der Waals surface area (Å²) in [6.45, 7) is 4.30. The minimum atomic E-state index is -0.0970. The van der Waals surface area contributed by atoms with Gasteiger partial charge in [0.1, 0.15) is 0 Å². The summed E-state index contributed by atoms with van der Waals surface area (Å²) in [4.78, 5) is 0. The first-order chi connectivity index (χ1) is 9.55. The van der Waals surface area contributed by atoms with Crippen molar-refractivity contribution in [2.24, 2.45) is 0 Å². The van der Waals surface area contributed by atoms with Crippen LogP contribution in [0.15, 0.2) is 60.7 Å². The Labute approximate surface area is 126 Å². The Hall–Kier alpha value is -1.87. The Morgan fingerprint density at radius 2 is 1.50 bits per heavy atom. The monoisotopic (exact) mass is 284 g/mol. The molecule has 0 atom stereocenters. The number of rotatable bonds is 4. The summed E-state index contributed by atoms with van der Waals surface area (Å²) < 4.78 is 0. The highest BCUT2D eigenvalue weighted by Crippen LogP contribution is 2.13. The van der Waals surface area contributed by atoms with Crippen molar-refractivity contribution in [1.29, 1.82) is 0 Å². The molecule has 0 radical (unpaired) electrons. The molecule has 2 aromatic carbocycles. The molecule has 0 unspecified atom stereocenters. The fourth-order valence-electron chi connectivity index (χ4n) is 2.14. The standard InChI is InChI=1S/C17H20N2S/c1-17(2,13-14-9-5-3-6-10-14)19-16(20)18-15-11-7-4-8-12-15/h3-12H,13H2,1-2H3,(H2,18,19,20). The average Bonchev–Trinajstić information content (AvgIpc) is 2.39.